The van der Waals surface area contributed by atoms with Crippen molar-refractivity contribution in [1.29, 1.82) is 0 Å². The molecule has 0 bridgehead atoms. The van der Waals surface area contributed by atoms with E-state index in [-0.39, 0.29) is 17.6 Å². The van der Waals surface area contributed by atoms with Crippen molar-refractivity contribution in [1.82, 2.24) is 0 Å². The van der Waals surface area contributed by atoms with Crippen molar-refractivity contribution < 1.29 is 19.4 Å². The van der Waals surface area contributed by atoms with Crippen molar-refractivity contribution in [3.05, 3.63) is 0 Å². The lowest BCUT2D eigenvalue weighted by atomic mass is 9.87. The third-order valence-electron chi connectivity index (χ3n) is 3.01. The molecule has 2 unspecified atom stereocenters. The van der Waals surface area contributed by atoms with Gasteiger partial charge in [-0.25, -0.2) is 4.79 Å². The third kappa shape index (κ3) is 1.62. The van der Waals surface area contributed by atoms with E-state index in [0.29, 0.717) is 0 Å². The van der Waals surface area contributed by atoms with Gasteiger partial charge in [0.1, 0.15) is 11.6 Å². The second-order valence-electron chi connectivity index (χ2n) is 3.97. The largest absolute Gasteiger partial charge is 0.477 e. The van der Waals surface area contributed by atoms with Crippen LogP contribution >= 0.6 is 25.3 Å². The van der Waals surface area contributed by atoms with E-state index >= 15 is 0 Å². The van der Waals surface area contributed by atoms with Crippen LogP contribution in [-0.2, 0) is 14.3 Å². The van der Waals surface area contributed by atoms with Crippen molar-refractivity contribution in [2.24, 2.45) is 16.8 Å². The zero-order valence-corrected chi connectivity index (χ0v) is 10.2. The topological polar surface area (TPSA) is 76.0 Å². The average molecular weight is 261 g/mol. The lowest BCUT2D eigenvalue weighted by molar-refractivity contribution is -0.175. The maximum Gasteiger partial charge on any atom is 0.350 e. The molecule has 88 valence electrons. The maximum atomic E-state index is 11.2. The number of cyclic esters (lactones) is 1. The Labute approximate surface area is 103 Å². The van der Waals surface area contributed by atoms with E-state index in [4.69, 9.17) is 9.84 Å². The molecule has 5 atom stereocenters. The van der Waals surface area contributed by atoms with Crippen LogP contribution in [-0.4, -0.2) is 39.5 Å². The molecule has 2 heterocycles. The SMILES string of the molecule is C[C@H]1C(S)C(C(=O)O)=NC1[C@@H]1C(=O)O[C@@H]1S. The minimum Gasteiger partial charge on any atom is -0.477 e. The first-order valence-electron chi connectivity index (χ1n) is 4.81. The second-order valence-corrected chi connectivity index (χ2v) is 5.03. The van der Waals surface area contributed by atoms with Crippen molar-refractivity contribution in [2.75, 3.05) is 0 Å². The van der Waals surface area contributed by atoms with Crippen LogP contribution in [0.5, 0.6) is 0 Å². The molecule has 0 radical (unpaired) electrons. The van der Waals surface area contributed by atoms with E-state index in [2.05, 4.69) is 30.2 Å². The summed E-state index contributed by atoms with van der Waals surface area (Å²) in [5.41, 5.74) is -0.474. The molecule has 0 saturated carbocycles. The molecule has 0 aliphatic carbocycles. The highest BCUT2D eigenvalue weighted by molar-refractivity contribution is 7.82. The van der Waals surface area contributed by atoms with Gasteiger partial charge in [0.05, 0.1) is 11.3 Å². The summed E-state index contributed by atoms with van der Waals surface area (Å²) in [6.45, 7) is 1.83. The Morgan fingerprint density at radius 3 is 2.50 bits per heavy atom. The van der Waals surface area contributed by atoms with Gasteiger partial charge in [-0.05, 0) is 5.92 Å². The number of rotatable bonds is 2. The molecular formula is C9H11NO4S2. The van der Waals surface area contributed by atoms with Gasteiger partial charge in [0.15, 0.2) is 5.44 Å². The van der Waals surface area contributed by atoms with Gasteiger partial charge in [0.25, 0.3) is 0 Å². The quantitative estimate of drug-likeness (QED) is 0.492. The minimum absolute atomic E-state index is 0.0149. The number of nitrogens with zero attached hydrogens (tertiary/aromatic N) is 1. The Morgan fingerprint density at radius 1 is 1.50 bits per heavy atom. The van der Waals surface area contributed by atoms with Crippen LogP contribution in [0.1, 0.15) is 6.92 Å². The molecule has 2 aliphatic rings. The maximum absolute atomic E-state index is 11.2. The summed E-state index contributed by atoms with van der Waals surface area (Å²) in [5.74, 6) is -2.02. The monoisotopic (exact) mass is 261 g/mol. The smallest absolute Gasteiger partial charge is 0.350 e. The summed E-state index contributed by atoms with van der Waals surface area (Å²) in [5, 5.41) is 8.46. The fourth-order valence-electron chi connectivity index (χ4n) is 2.00. The molecule has 0 aromatic rings. The molecule has 2 aliphatic heterocycles. The predicted molar refractivity (Wildman–Crippen MR) is 63.2 cm³/mol. The van der Waals surface area contributed by atoms with Crippen LogP contribution in [0.4, 0.5) is 0 Å². The molecule has 7 heteroatoms. The van der Waals surface area contributed by atoms with Crippen molar-refractivity contribution >= 4 is 42.9 Å². The normalized spacial score (nSPS) is 42.3. The highest BCUT2D eigenvalue weighted by atomic mass is 32.1. The van der Waals surface area contributed by atoms with Gasteiger partial charge in [0.2, 0.25) is 0 Å². The number of thiol groups is 2. The number of carbonyl (C=O) groups excluding carboxylic acids is 1. The Kier molecular flexibility index (Phi) is 2.91. The Hall–Kier alpha value is -0.690. The number of hydrogen-bond donors (Lipinski definition) is 3. The summed E-state index contributed by atoms with van der Waals surface area (Å²) in [6, 6.07) is -0.391. The van der Waals surface area contributed by atoms with Crippen LogP contribution in [0.15, 0.2) is 4.99 Å². The van der Waals surface area contributed by atoms with Crippen molar-refractivity contribution in [2.45, 2.75) is 23.7 Å². The van der Waals surface area contributed by atoms with E-state index in [0.717, 1.165) is 0 Å². The van der Waals surface area contributed by atoms with E-state index in [9.17, 15) is 9.59 Å². The summed E-state index contributed by atoms with van der Waals surface area (Å²) in [7, 11) is 0. The summed E-state index contributed by atoms with van der Waals surface area (Å²) < 4.78 is 4.73. The molecule has 0 aromatic carbocycles. The van der Waals surface area contributed by atoms with Crippen LogP contribution in [0, 0.1) is 11.8 Å². The third-order valence-corrected chi connectivity index (χ3v) is 4.15. The van der Waals surface area contributed by atoms with Gasteiger partial charge < -0.3 is 9.84 Å². The number of aliphatic imine (C=N–C) groups is 1. The summed E-state index contributed by atoms with van der Waals surface area (Å²) in [6.07, 6.45) is 0. The lowest BCUT2D eigenvalue weighted by Crippen LogP contribution is -2.49. The van der Waals surface area contributed by atoms with Crippen molar-refractivity contribution in [3.8, 4) is 0 Å². The molecule has 0 aromatic heterocycles. The Bertz CT molecular complexity index is 384. The number of carbonyl (C=O) groups is 2. The Morgan fingerprint density at radius 2 is 2.12 bits per heavy atom. The van der Waals surface area contributed by atoms with E-state index in [1.165, 1.54) is 0 Å². The van der Waals surface area contributed by atoms with Gasteiger partial charge in [-0.15, -0.1) is 12.6 Å². The molecule has 5 nitrogen and oxygen atoms in total. The van der Waals surface area contributed by atoms with Gasteiger partial charge in [-0.3, -0.25) is 9.79 Å². The van der Waals surface area contributed by atoms with Crippen molar-refractivity contribution in [3.63, 3.8) is 0 Å². The first-order chi connectivity index (χ1) is 7.43. The molecular weight excluding hydrogens is 250 g/mol. The first kappa shape index (κ1) is 11.8. The van der Waals surface area contributed by atoms with Gasteiger partial charge in [-0.2, -0.15) is 12.6 Å². The second kappa shape index (κ2) is 3.96. The van der Waals surface area contributed by atoms with Gasteiger partial charge in [0, 0.05) is 0 Å². The molecule has 2 rings (SSSR count). The summed E-state index contributed by atoms with van der Waals surface area (Å²) >= 11 is 8.29. The summed E-state index contributed by atoms with van der Waals surface area (Å²) in [4.78, 5) is 26.2. The fourth-order valence-corrected chi connectivity index (χ4v) is 2.76. The number of hydrogen-bond acceptors (Lipinski definition) is 6. The Balaban J connectivity index is 2.23. The molecule has 0 amide bonds. The highest BCUT2D eigenvalue weighted by Gasteiger charge is 2.52. The number of ether oxygens (including phenoxy) is 1. The van der Waals surface area contributed by atoms with E-state index < -0.39 is 28.6 Å². The predicted octanol–water partition coefficient (Wildman–Crippen LogP) is 0.258. The number of aliphatic carboxylic acids is 1. The molecule has 0 spiro atoms. The number of carboxylic acid groups (broad SMARTS) is 1. The number of esters is 1. The van der Waals surface area contributed by atoms with Crippen LogP contribution in [0.25, 0.3) is 0 Å². The van der Waals surface area contributed by atoms with Gasteiger partial charge in [-0.1, -0.05) is 6.92 Å². The first-order valence-corrected chi connectivity index (χ1v) is 5.84. The highest BCUT2D eigenvalue weighted by Crippen LogP contribution is 2.38. The standard InChI is InChI=1S/C9H11NO4S2/c1-2-4(3-8(13)14-9(3)16)10-5(6(2)15)7(11)12/h2-4,6,9,15-16H,1H3,(H,11,12)/t2-,3-,4?,6?,9-/m1/s1. The van der Waals surface area contributed by atoms with Gasteiger partial charge >= 0.3 is 11.9 Å². The van der Waals surface area contributed by atoms with Crippen LogP contribution in [0.2, 0.25) is 0 Å². The molecule has 1 fully saturated rings. The molecule has 1 saturated heterocycles. The zero-order valence-electron chi connectivity index (χ0n) is 8.40. The molecule has 1 N–H and O–H groups in total. The number of carboxylic acids is 1. The van der Waals surface area contributed by atoms with E-state index in [1.54, 1.807) is 0 Å². The minimum atomic E-state index is -1.09. The van der Waals surface area contributed by atoms with Crippen LogP contribution < -0.4 is 0 Å². The molecule has 16 heavy (non-hydrogen) atoms. The fraction of sp³-hybridized carbons (Fsp3) is 0.667. The van der Waals surface area contributed by atoms with E-state index in [1.807, 2.05) is 6.92 Å². The average Bonchev–Trinajstić information content (AvgIpc) is 2.46. The zero-order chi connectivity index (χ0) is 12.0. The van der Waals surface area contributed by atoms with Crippen LogP contribution in [0.3, 0.4) is 0 Å². The lowest BCUT2D eigenvalue weighted by Gasteiger charge is -2.36.